The molecule has 1 unspecified atom stereocenters. The van der Waals surface area contributed by atoms with E-state index in [0.29, 0.717) is 18.1 Å². The van der Waals surface area contributed by atoms with Crippen LogP contribution in [-0.4, -0.2) is 23.6 Å². The Kier molecular flexibility index (Phi) is 3.40. The summed E-state index contributed by atoms with van der Waals surface area (Å²) in [6, 6.07) is 3.69. The van der Waals surface area contributed by atoms with Crippen LogP contribution >= 0.6 is 11.6 Å². The van der Waals surface area contributed by atoms with E-state index in [9.17, 15) is 9.90 Å². The second kappa shape index (κ2) is 4.67. The van der Waals surface area contributed by atoms with Gasteiger partial charge in [0.2, 0.25) is 0 Å². The number of carbonyl (C=O) groups excluding carboxylic acids is 1. The predicted octanol–water partition coefficient (Wildman–Crippen LogP) is 2.16. The fourth-order valence-electron chi connectivity index (χ4n) is 2.14. The number of hydrogen-bond donors (Lipinski definition) is 1. The van der Waals surface area contributed by atoms with Crippen molar-refractivity contribution in [2.75, 3.05) is 6.61 Å². The maximum Gasteiger partial charge on any atom is 0.126 e. The van der Waals surface area contributed by atoms with Gasteiger partial charge in [0.15, 0.2) is 0 Å². The second-order valence-electron chi connectivity index (χ2n) is 4.70. The Labute approximate surface area is 105 Å². The number of benzene rings is 1. The van der Waals surface area contributed by atoms with Gasteiger partial charge in [0, 0.05) is 24.3 Å². The average Bonchev–Trinajstić information content (AvgIpc) is 2.64. The largest absolute Gasteiger partial charge is 0.493 e. The van der Waals surface area contributed by atoms with Crippen LogP contribution in [0, 0.1) is 0 Å². The van der Waals surface area contributed by atoms with Gasteiger partial charge in [-0.2, -0.15) is 0 Å². The average molecular weight is 255 g/mol. The molecule has 0 fully saturated rings. The Morgan fingerprint density at radius 2 is 2.35 bits per heavy atom. The highest BCUT2D eigenvalue weighted by atomic mass is 35.5. The number of aldehydes is 1. The molecule has 0 saturated heterocycles. The van der Waals surface area contributed by atoms with Crippen LogP contribution in [0.1, 0.15) is 24.5 Å². The zero-order chi connectivity index (χ0) is 12.5. The smallest absolute Gasteiger partial charge is 0.126 e. The molecule has 1 aromatic rings. The third-order valence-electron chi connectivity index (χ3n) is 2.92. The quantitative estimate of drug-likeness (QED) is 0.838. The first-order valence-corrected chi connectivity index (χ1v) is 6.00. The molecular formula is C13H15ClO3. The molecule has 2 rings (SSSR count). The van der Waals surface area contributed by atoms with E-state index in [-0.39, 0.29) is 6.42 Å². The summed E-state index contributed by atoms with van der Waals surface area (Å²) in [6.07, 6.45) is 2.05. The Morgan fingerprint density at radius 3 is 3.06 bits per heavy atom. The van der Waals surface area contributed by atoms with Crippen molar-refractivity contribution in [2.45, 2.75) is 31.8 Å². The lowest BCUT2D eigenvalue weighted by Crippen LogP contribution is -2.27. The Morgan fingerprint density at radius 1 is 1.59 bits per heavy atom. The topological polar surface area (TPSA) is 46.5 Å². The van der Waals surface area contributed by atoms with E-state index in [1.165, 1.54) is 0 Å². The minimum atomic E-state index is -1.05. The third-order valence-corrected chi connectivity index (χ3v) is 3.14. The minimum Gasteiger partial charge on any atom is -0.493 e. The molecule has 1 aliphatic rings. The molecule has 0 amide bonds. The molecule has 0 radical (unpaired) electrons. The second-order valence-corrected chi connectivity index (χ2v) is 5.13. The molecule has 4 heteroatoms. The molecule has 1 atom stereocenters. The number of rotatable bonds is 4. The minimum absolute atomic E-state index is 0.105. The summed E-state index contributed by atoms with van der Waals surface area (Å²) in [6.45, 7) is 2.29. The molecule has 0 aliphatic carbocycles. The number of fused-ring (bicyclic) bond motifs is 1. The molecule has 92 valence electrons. The fraction of sp³-hybridized carbons (Fsp3) is 0.462. The predicted molar refractivity (Wildman–Crippen MR) is 65.7 cm³/mol. The van der Waals surface area contributed by atoms with Crippen LogP contribution in [0.3, 0.4) is 0 Å². The van der Waals surface area contributed by atoms with E-state index >= 15 is 0 Å². The molecule has 1 aromatic carbocycles. The van der Waals surface area contributed by atoms with Gasteiger partial charge in [-0.15, -0.1) is 0 Å². The van der Waals surface area contributed by atoms with E-state index in [4.69, 9.17) is 16.3 Å². The lowest BCUT2D eigenvalue weighted by Gasteiger charge is -2.21. The number of hydrogen-bond acceptors (Lipinski definition) is 3. The zero-order valence-electron chi connectivity index (χ0n) is 9.70. The van der Waals surface area contributed by atoms with Crippen molar-refractivity contribution < 1.29 is 14.6 Å². The Hall–Kier alpha value is -1.06. The van der Waals surface area contributed by atoms with E-state index in [1.54, 1.807) is 13.0 Å². The maximum atomic E-state index is 10.5. The van der Waals surface area contributed by atoms with Crippen LogP contribution in [0.25, 0.3) is 0 Å². The van der Waals surface area contributed by atoms with Gasteiger partial charge in [-0.3, -0.25) is 0 Å². The Bertz CT molecular complexity index is 441. The summed E-state index contributed by atoms with van der Waals surface area (Å²) in [7, 11) is 0. The van der Waals surface area contributed by atoms with Gasteiger partial charge in [-0.05, 0) is 30.2 Å². The summed E-state index contributed by atoms with van der Waals surface area (Å²) in [5.41, 5.74) is 0.901. The summed E-state index contributed by atoms with van der Waals surface area (Å²) < 4.78 is 5.55. The van der Waals surface area contributed by atoms with Gasteiger partial charge < -0.3 is 14.6 Å². The molecule has 1 heterocycles. The Balaban J connectivity index is 2.30. The molecule has 1 N–H and O–H groups in total. The highest BCUT2D eigenvalue weighted by Crippen LogP contribution is 2.35. The van der Waals surface area contributed by atoms with Gasteiger partial charge >= 0.3 is 0 Å². The summed E-state index contributed by atoms with van der Waals surface area (Å²) >= 11 is 6.03. The van der Waals surface area contributed by atoms with Gasteiger partial charge in [0.25, 0.3) is 0 Å². The lowest BCUT2D eigenvalue weighted by atomic mass is 9.92. The summed E-state index contributed by atoms with van der Waals surface area (Å²) in [5, 5.41) is 10.7. The molecule has 3 nitrogen and oxygen atoms in total. The van der Waals surface area contributed by atoms with E-state index in [1.807, 2.05) is 6.07 Å². The first-order valence-electron chi connectivity index (χ1n) is 5.62. The monoisotopic (exact) mass is 254 g/mol. The molecular weight excluding hydrogens is 240 g/mol. The molecule has 0 bridgehead atoms. The number of ether oxygens (including phenoxy) is 1. The SMILES string of the molecule is CC(O)(CC=O)Cc1cc(Cl)cc2c1OCC2. The normalized spacial score (nSPS) is 17.1. The number of carbonyl (C=O) groups is 1. The molecule has 0 saturated carbocycles. The first-order chi connectivity index (χ1) is 8.02. The van der Waals surface area contributed by atoms with E-state index < -0.39 is 5.60 Å². The molecule has 0 aromatic heterocycles. The van der Waals surface area contributed by atoms with Crippen molar-refractivity contribution in [3.05, 3.63) is 28.3 Å². The van der Waals surface area contributed by atoms with Crippen molar-refractivity contribution >= 4 is 17.9 Å². The maximum absolute atomic E-state index is 10.5. The highest BCUT2D eigenvalue weighted by molar-refractivity contribution is 6.30. The van der Waals surface area contributed by atoms with Crippen molar-refractivity contribution in [2.24, 2.45) is 0 Å². The van der Waals surface area contributed by atoms with Gasteiger partial charge in [-0.25, -0.2) is 0 Å². The van der Waals surface area contributed by atoms with Crippen molar-refractivity contribution in [1.82, 2.24) is 0 Å². The van der Waals surface area contributed by atoms with E-state index in [2.05, 4.69) is 0 Å². The highest BCUT2D eigenvalue weighted by Gasteiger charge is 2.25. The van der Waals surface area contributed by atoms with Crippen LogP contribution in [0.5, 0.6) is 5.75 Å². The van der Waals surface area contributed by atoms with Crippen LogP contribution < -0.4 is 4.74 Å². The first kappa shape index (κ1) is 12.4. The van der Waals surface area contributed by atoms with Crippen molar-refractivity contribution in [3.8, 4) is 5.75 Å². The van der Waals surface area contributed by atoms with Crippen LogP contribution in [0.4, 0.5) is 0 Å². The summed E-state index contributed by atoms with van der Waals surface area (Å²) in [4.78, 5) is 10.5. The van der Waals surface area contributed by atoms with Crippen LogP contribution in [0.15, 0.2) is 12.1 Å². The van der Waals surface area contributed by atoms with Gasteiger partial charge in [0.1, 0.15) is 12.0 Å². The number of aliphatic hydroxyl groups is 1. The number of halogens is 1. The fourth-order valence-corrected chi connectivity index (χ4v) is 2.40. The van der Waals surface area contributed by atoms with Crippen LogP contribution in [-0.2, 0) is 17.6 Å². The van der Waals surface area contributed by atoms with Crippen LogP contribution in [0.2, 0.25) is 5.02 Å². The van der Waals surface area contributed by atoms with Gasteiger partial charge in [-0.1, -0.05) is 11.6 Å². The molecule has 0 spiro atoms. The van der Waals surface area contributed by atoms with Gasteiger partial charge in [0.05, 0.1) is 12.2 Å². The van der Waals surface area contributed by atoms with Crippen molar-refractivity contribution in [3.63, 3.8) is 0 Å². The lowest BCUT2D eigenvalue weighted by molar-refractivity contribution is -0.111. The zero-order valence-corrected chi connectivity index (χ0v) is 10.5. The summed E-state index contributed by atoms with van der Waals surface area (Å²) in [5.74, 6) is 0.820. The third kappa shape index (κ3) is 2.79. The molecule has 1 aliphatic heterocycles. The standard InChI is InChI=1S/C13H15ClO3/c1-13(16,3-4-15)8-10-7-11(14)6-9-2-5-17-12(9)10/h4,6-7,16H,2-3,5,8H2,1H3. The van der Waals surface area contributed by atoms with Crippen molar-refractivity contribution in [1.29, 1.82) is 0 Å². The van der Waals surface area contributed by atoms with E-state index in [0.717, 1.165) is 29.6 Å². The molecule has 17 heavy (non-hydrogen) atoms.